The van der Waals surface area contributed by atoms with Gasteiger partial charge in [-0.1, -0.05) is 29.8 Å². The topological polar surface area (TPSA) is 66.5 Å². The Balaban J connectivity index is 3.37. The minimum atomic E-state index is -0.475. The Labute approximate surface area is 111 Å². The van der Waals surface area contributed by atoms with Crippen molar-refractivity contribution in [2.24, 2.45) is 11.1 Å². The Kier molecular flexibility index (Phi) is 4.23. The number of phenols is 1. The number of rotatable bonds is 3. The van der Waals surface area contributed by atoms with Crippen molar-refractivity contribution in [1.29, 1.82) is 0 Å². The number of halogens is 1. The van der Waals surface area contributed by atoms with E-state index in [1.165, 1.54) is 0 Å². The lowest BCUT2D eigenvalue weighted by Crippen LogP contribution is -2.33. The van der Waals surface area contributed by atoms with Gasteiger partial charge >= 0.3 is 0 Å². The molecule has 1 atom stereocenters. The third kappa shape index (κ3) is 2.64. The third-order valence-corrected chi connectivity index (χ3v) is 4.49. The molecule has 0 heterocycles. The second-order valence-corrected chi connectivity index (χ2v) is 5.98. The Morgan fingerprint density at radius 2 is 1.94 bits per heavy atom. The molecule has 0 spiro atoms. The van der Waals surface area contributed by atoms with Gasteiger partial charge in [-0.15, -0.1) is 0 Å². The number of benzene rings is 1. The van der Waals surface area contributed by atoms with Crippen LogP contribution in [0.4, 0.5) is 0 Å². The van der Waals surface area contributed by atoms with E-state index in [4.69, 9.17) is 5.73 Å². The highest BCUT2D eigenvalue weighted by Crippen LogP contribution is 2.40. The summed E-state index contributed by atoms with van der Waals surface area (Å²) >= 11 is 3.49. The molecule has 0 aromatic heterocycles. The second kappa shape index (κ2) is 4.96. The summed E-state index contributed by atoms with van der Waals surface area (Å²) in [6.45, 7) is 7.57. The van der Waals surface area contributed by atoms with Crippen molar-refractivity contribution >= 4 is 15.9 Å². The van der Waals surface area contributed by atoms with Crippen LogP contribution in [0.15, 0.2) is 10.5 Å². The molecule has 4 heteroatoms. The normalized spacial score (nSPS) is 13.8. The van der Waals surface area contributed by atoms with Gasteiger partial charge in [0.1, 0.15) is 5.75 Å². The first kappa shape index (κ1) is 14.5. The van der Waals surface area contributed by atoms with Crippen LogP contribution in [0, 0.1) is 19.3 Å². The number of aliphatic hydroxyl groups is 1. The van der Waals surface area contributed by atoms with Gasteiger partial charge in [-0.3, -0.25) is 0 Å². The van der Waals surface area contributed by atoms with Gasteiger partial charge in [0.2, 0.25) is 0 Å². The average molecular weight is 302 g/mol. The predicted molar refractivity (Wildman–Crippen MR) is 73.1 cm³/mol. The number of aromatic hydroxyl groups is 1. The van der Waals surface area contributed by atoms with Crippen molar-refractivity contribution in [2.45, 2.75) is 33.7 Å². The summed E-state index contributed by atoms with van der Waals surface area (Å²) in [6, 6.07) is 1.28. The lowest BCUT2D eigenvalue weighted by Gasteiger charge is -2.31. The Hall–Kier alpha value is -0.580. The van der Waals surface area contributed by atoms with Gasteiger partial charge in [-0.05, 0) is 31.0 Å². The summed E-state index contributed by atoms with van der Waals surface area (Å²) in [4.78, 5) is 0. The van der Waals surface area contributed by atoms with E-state index < -0.39 is 11.5 Å². The molecular formula is C13H20BrNO2. The summed E-state index contributed by atoms with van der Waals surface area (Å²) in [6.07, 6.45) is 0. The van der Waals surface area contributed by atoms with E-state index in [-0.39, 0.29) is 12.4 Å². The number of aliphatic hydroxyl groups excluding tert-OH is 1. The summed E-state index contributed by atoms with van der Waals surface area (Å²) in [5.74, 6) is 0.192. The number of phenolic OH excluding ortho intramolecular Hbond substituents is 1. The Morgan fingerprint density at radius 1 is 1.41 bits per heavy atom. The van der Waals surface area contributed by atoms with E-state index in [1.807, 2.05) is 27.7 Å². The maximum atomic E-state index is 10.0. The van der Waals surface area contributed by atoms with Crippen molar-refractivity contribution in [1.82, 2.24) is 0 Å². The van der Waals surface area contributed by atoms with E-state index >= 15 is 0 Å². The minimum Gasteiger partial charge on any atom is -0.508 e. The smallest absolute Gasteiger partial charge is 0.120 e. The van der Waals surface area contributed by atoms with Crippen LogP contribution >= 0.6 is 15.9 Å². The van der Waals surface area contributed by atoms with E-state index in [0.717, 1.165) is 15.6 Å². The van der Waals surface area contributed by atoms with Crippen LogP contribution in [0.25, 0.3) is 0 Å². The quantitative estimate of drug-likeness (QED) is 0.804. The number of aryl methyl sites for hydroxylation is 1. The summed E-state index contributed by atoms with van der Waals surface area (Å²) in [7, 11) is 0. The van der Waals surface area contributed by atoms with Crippen molar-refractivity contribution < 1.29 is 10.2 Å². The third-order valence-electron chi connectivity index (χ3n) is 3.27. The van der Waals surface area contributed by atoms with Gasteiger partial charge in [0.15, 0.2) is 0 Å². The number of hydrogen-bond donors (Lipinski definition) is 3. The molecule has 0 saturated carbocycles. The van der Waals surface area contributed by atoms with Gasteiger partial charge in [0.25, 0.3) is 0 Å². The molecular weight excluding hydrogens is 282 g/mol. The largest absolute Gasteiger partial charge is 0.508 e. The van der Waals surface area contributed by atoms with Crippen molar-refractivity contribution in [3.63, 3.8) is 0 Å². The highest BCUT2D eigenvalue weighted by atomic mass is 79.9. The zero-order valence-electron chi connectivity index (χ0n) is 10.7. The van der Waals surface area contributed by atoms with E-state index in [9.17, 15) is 10.2 Å². The lowest BCUT2D eigenvalue weighted by molar-refractivity contribution is 0.131. The van der Waals surface area contributed by atoms with E-state index in [1.54, 1.807) is 6.07 Å². The Morgan fingerprint density at radius 3 is 2.41 bits per heavy atom. The van der Waals surface area contributed by atoms with Crippen LogP contribution in [0.3, 0.4) is 0 Å². The molecule has 96 valence electrons. The molecule has 0 radical (unpaired) electrons. The van der Waals surface area contributed by atoms with Crippen molar-refractivity contribution in [3.8, 4) is 5.75 Å². The van der Waals surface area contributed by atoms with Crippen LogP contribution in [0.5, 0.6) is 5.75 Å². The predicted octanol–water partition coefficient (Wildman–Crippen LogP) is 2.79. The fourth-order valence-corrected chi connectivity index (χ4v) is 2.16. The molecule has 17 heavy (non-hydrogen) atoms. The molecule has 0 amide bonds. The first-order valence-electron chi connectivity index (χ1n) is 5.57. The van der Waals surface area contributed by atoms with Crippen LogP contribution < -0.4 is 5.73 Å². The molecule has 0 aliphatic rings. The lowest BCUT2D eigenvalue weighted by atomic mass is 9.79. The molecule has 1 rings (SSSR count). The van der Waals surface area contributed by atoms with Crippen LogP contribution in [0.2, 0.25) is 0 Å². The SMILES string of the molecule is Cc1cc(O)c([C@H](N)C(C)(C)CO)c(C)c1Br. The Bertz CT molecular complexity index is 430. The minimum absolute atomic E-state index is 0.0292. The maximum Gasteiger partial charge on any atom is 0.120 e. The zero-order chi connectivity index (χ0) is 13.4. The zero-order valence-corrected chi connectivity index (χ0v) is 12.3. The van der Waals surface area contributed by atoms with Crippen molar-refractivity contribution in [3.05, 3.63) is 27.2 Å². The highest BCUT2D eigenvalue weighted by Gasteiger charge is 2.30. The van der Waals surface area contributed by atoms with Gasteiger partial charge in [-0.2, -0.15) is 0 Å². The van der Waals surface area contributed by atoms with Gasteiger partial charge < -0.3 is 15.9 Å². The standard InChI is InChI=1S/C13H20BrNO2/c1-7-5-9(17)10(8(2)11(7)14)12(15)13(3,4)6-16/h5,12,16-17H,6,15H2,1-4H3/t12-/m0/s1. The monoisotopic (exact) mass is 301 g/mol. The van der Waals surface area contributed by atoms with E-state index in [2.05, 4.69) is 15.9 Å². The molecule has 1 aromatic rings. The van der Waals surface area contributed by atoms with Crippen LogP contribution in [-0.4, -0.2) is 16.8 Å². The fraction of sp³-hybridized carbons (Fsp3) is 0.538. The van der Waals surface area contributed by atoms with Crippen LogP contribution in [-0.2, 0) is 0 Å². The molecule has 1 aromatic carbocycles. The van der Waals surface area contributed by atoms with Gasteiger partial charge in [0, 0.05) is 28.1 Å². The van der Waals surface area contributed by atoms with Gasteiger partial charge in [0.05, 0.1) is 0 Å². The van der Waals surface area contributed by atoms with Crippen LogP contribution in [0.1, 0.15) is 36.6 Å². The highest BCUT2D eigenvalue weighted by molar-refractivity contribution is 9.10. The average Bonchev–Trinajstić information content (AvgIpc) is 2.26. The fourth-order valence-electron chi connectivity index (χ4n) is 1.83. The number of hydrogen-bond acceptors (Lipinski definition) is 3. The van der Waals surface area contributed by atoms with Gasteiger partial charge in [-0.25, -0.2) is 0 Å². The molecule has 0 bridgehead atoms. The molecule has 0 aliphatic heterocycles. The summed E-state index contributed by atoms with van der Waals surface area (Å²) in [5.41, 5.74) is 8.28. The van der Waals surface area contributed by atoms with E-state index in [0.29, 0.717) is 5.56 Å². The first-order valence-corrected chi connectivity index (χ1v) is 6.36. The summed E-state index contributed by atoms with van der Waals surface area (Å²) < 4.78 is 0.953. The number of nitrogens with two attached hydrogens (primary N) is 1. The maximum absolute atomic E-state index is 10.0. The molecule has 4 N–H and O–H groups in total. The van der Waals surface area contributed by atoms with Crippen molar-refractivity contribution in [2.75, 3.05) is 6.61 Å². The molecule has 3 nitrogen and oxygen atoms in total. The molecule has 0 aliphatic carbocycles. The first-order chi connectivity index (χ1) is 7.72. The second-order valence-electron chi connectivity index (χ2n) is 5.19. The molecule has 0 fully saturated rings. The summed E-state index contributed by atoms with van der Waals surface area (Å²) in [5, 5.41) is 19.4. The molecule has 0 saturated heterocycles. The molecule has 0 unspecified atom stereocenters.